The van der Waals surface area contributed by atoms with Crippen molar-refractivity contribution in [2.75, 3.05) is 5.32 Å². The lowest BCUT2D eigenvalue weighted by molar-refractivity contribution is -0.112. The first kappa shape index (κ1) is 15.8. The number of alkyl halides is 3. The molecule has 7 heteroatoms. The summed E-state index contributed by atoms with van der Waals surface area (Å²) in [4.78, 5) is 18.9. The van der Waals surface area contributed by atoms with Crippen LogP contribution in [0.25, 0.3) is 16.6 Å². The van der Waals surface area contributed by atoms with Crippen LogP contribution in [0.1, 0.15) is 5.56 Å². The zero-order valence-electron chi connectivity index (χ0n) is 12.3. The minimum Gasteiger partial charge on any atom is -0.324 e. The summed E-state index contributed by atoms with van der Waals surface area (Å²) in [5.74, 6) is -0.822. The third-order valence-electron chi connectivity index (χ3n) is 3.30. The minimum absolute atomic E-state index is 0.0789. The lowest BCUT2D eigenvalue weighted by Crippen LogP contribution is -2.16. The number of nitrogens with zero attached hydrogens (tertiary/aromatic N) is 1. The van der Waals surface area contributed by atoms with Crippen LogP contribution in [-0.4, -0.2) is 22.1 Å². The maximum Gasteiger partial charge on any atom is 0.417 e. The predicted octanol–water partition coefficient (Wildman–Crippen LogP) is 4.15. The number of H-pyrrole nitrogens is 1. The Morgan fingerprint density at radius 3 is 2.38 bits per heavy atom. The van der Waals surface area contributed by atoms with E-state index in [1.54, 1.807) is 30.3 Å². The highest BCUT2D eigenvalue weighted by atomic mass is 19.4. The van der Waals surface area contributed by atoms with E-state index in [9.17, 15) is 18.0 Å². The summed E-state index contributed by atoms with van der Waals surface area (Å²) in [6.07, 6.45) is -4.12. The number of carbonyl (C=O) groups is 1. The van der Waals surface area contributed by atoms with E-state index in [0.717, 1.165) is 0 Å². The van der Waals surface area contributed by atoms with Crippen LogP contribution < -0.4 is 5.32 Å². The van der Waals surface area contributed by atoms with E-state index in [-0.39, 0.29) is 11.5 Å². The van der Waals surface area contributed by atoms with Crippen LogP contribution in [0.3, 0.4) is 0 Å². The SMILES string of the molecule is O=C(/C=C(\c1ccccc1)C(F)(F)F)Nc1nc2ccccc2[nH]1. The average Bonchev–Trinajstić information content (AvgIpc) is 2.94. The molecular weight excluding hydrogens is 319 g/mol. The van der Waals surface area contributed by atoms with Crippen LogP contribution in [0, 0.1) is 0 Å². The Balaban J connectivity index is 1.88. The van der Waals surface area contributed by atoms with Gasteiger partial charge in [0.15, 0.2) is 0 Å². The first-order chi connectivity index (χ1) is 11.4. The molecule has 1 heterocycles. The van der Waals surface area contributed by atoms with Crippen molar-refractivity contribution < 1.29 is 18.0 Å². The average molecular weight is 331 g/mol. The third kappa shape index (κ3) is 3.45. The van der Waals surface area contributed by atoms with Gasteiger partial charge in [0, 0.05) is 6.08 Å². The Labute approximate surface area is 135 Å². The van der Waals surface area contributed by atoms with E-state index >= 15 is 0 Å². The molecule has 0 spiro atoms. The van der Waals surface area contributed by atoms with Gasteiger partial charge in [0.05, 0.1) is 16.6 Å². The van der Waals surface area contributed by atoms with Crippen molar-refractivity contribution in [3.63, 3.8) is 0 Å². The highest BCUT2D eigenvalue weighted by Gasteiger charge is 2.35. The number of amides is 1. The van der Waals surface area contributed by atoms with Gasteiger partial charge >= 0.3 is 6.18 Å². The van der Waals surface area contributed by atoms with Crippen molar-refractivity contribution in [2.45, 2.75) is 6.18 Å². The van der Waals surface area contributed by atoms with Crippen molar-refractivity contribution in [3.05, 3.63) is 66.2 Å². The topological polar surface area (TPSA) is 57.8 Å². The van der Waals surface area contributed by atoms with Crippen LogP contribution in [0.4, 0.5) is 19.1 Å². The zero-order valence-corrected chi connectivity index (χ0v) is 12.3. The summed E-state index contributed by atoms with van der Waals surface area (Å²) in [6, 6.07) is 14.2. The molecule has 0 atom stereocenters. The summed E-state index contributed by atoms with van der Waals surface area (Å²) in [5, 5.41) is 2.32. The van der Waals surface area contributed by atoms with Gasteiger partial charge in [-0.05, 0) is 17.7 Å². The summed E-state index contributed by atoms with van der Waals surface area (Å²) in [6.45, 7) is 0. The highest BCUT2D eigenvalue weighted by molar-refractivity contribution is 6.04. The first-order valence-corrected chi connectivity index (χ1v) is 7.03. The molecule has 0 unspecified atom stereocenters. The van der Waals surface area contributed by atoms with E-state index < -0.39 is 17.7 Å². The second-order valence-corrected chi connectivity index (χ2v) is 5.01. The number of benzene rings is 2. The Morgan fingerprint density at radius 1 is 1.04 bits per heavy atom. The van der Waals surface area contributed by atoms with Crippen molar-refractivity contribution in [1.29, 1.82) is 0 Å². The maximum absolute atomic E-state index is 13.2. The fourth-order valence-corrected chi connectivity index (χ4v) is 2.24. The second kappa shape index (κ2) is 6.19. The summed E-state index contributed by atoms with van der Waals surface area (Å²) >= 11 is 0. The molecule has 24 heavy (non-hydrogen) atoms. The second-order valence-electron chi connectivity index (χ2n) is 5.01. The number of allylic oxidation sites excluding steroid dienone is 1. The van der Waals surface area contributed by atoms with E-state index in [1.807, 2.05) is 0 Å². The van der Waals surface area contributed by atoms with E-state index in [0.29, 0.717) is 17.1 Å². The van der Waals surface area contributed by atoms with Gasteiger partial charge in [-0.2, -0.15) is 13.2 Å². The Bertz CT molecular complexity index is 865. The molecule has 1 amide bonds. The lowest BCUT2D eigenvalue weighted by Gasteiger charge is -2.11. The molecule has 4 nitrogen and oxygen atoms in total. The fraction of sp³-hybridized carbons (Fsp3) is 0.0588. The quantitative estimate of drug-likeness (QED) is 0.709. The van der Waals surface area contributed by atoms with E-state index in [4.69, 9.17) is 0 Å². The number of fused-ring (bicyclic) bond motifs is 1. The van der Waals surface area contributed by atoms with Gasteiger partial charge in [0.25, 0.3) is 5.91 Å². The zero-order chi connectivity index (χ0) is 17.2. The number of imidazole rings is 1. The number of hydrogen-bond donors (Lipinski definition) is 2. The summed E-state index contributed by atoms with van der Waals surface area (Å²) < 4.78 is 39.6. The number of rotatable bonds is 3. The molecule has 122 valence electrons. The number of hydrogen-bond acceptors (Lipinski definition) is 2. The monoisotopic (exact) mass is 331 g/mol. The molecule has 3 rings (SSSR count). The van der Waals surface area contributed by atoms with Crippen LogP contribution in [0.15, 0.2) is 60.7 Å². The first-order valence-electron chi connectivity index (χ1n) is 7.03. The van der Waals surface area contributed by atoms with Crippen LogP contribution in [0.2, 0.25) is 0 Å². The Kier molecular flexibility index (Phi) is 4.07. The largest absolute Gasteiger partial charge is 0.417 e. The smallest absolute Gasteiger partial charge is 0.324 e. The van der Waals surface area contributed by atoms with Gasteiger partial charge in [-0.25, -0.2) is 4.98 Å². The number of halogens is 3. The lowest BCUT2D eigenvalue weighted by atomic mass is 10.1. The molecule has 2 N–H and O–H groups in total. The van der Waals surface area contributed by atoms with Gasteiger partial charge in [-0.1, -0.05) is 42.5 Å². The number of aromatic nitrogens is 2. The van der Waals surface area contributed by atoms with Gasteiger partial charge in [0.1, 0.15) is 0 Å². The normalized spacial score (nSPS) is 12.4. The molecular formula is C17H12F3N3O. The van der Waals surface area contributed by atoms with Gasteiger partial charge in [-0.15, -0.1) is 0 Å². The summed E-state index contributed by atoms with van der Waals surface area (Å²) in [5.41, 5.74) is 0.188. The molecule has 0 saturated carbocycles. The molecule has 0 saturated heterocycles. The minimum atomic E-state index is -4.65. The Hall–Kier alpha value is -3.09. The predicted molar refractivity (Wildman–Crippen MR) is 85.2 cm³/mol. The van der Waals surface area contributed by atoms with Gasteiger partial charge in [0.2, 0.25) is 5.95 Å². The van der Waals surface area contributed by atoms with Crippen LogP contribution in [-0.2, 0) is 4.79 Å². The molecule has 0 radical (unpaired) electrons. The molecule has 3 aromatic rings. The van der Waals surface area contributed by atoms with Crippen LogP contribution in [0.5, 0.6) is 0 Å². The van der Waals surface area contributed by atoms with Gasteiger partial charge < -0.3 is 4.98 Å². The molecule has 0 aliphatic rings. The molecule has 2 aromatic carbocycles. The Morgan fingerprint density at radius 2 is 1.71 bits per heavy atom. The molecule has 0 fully saturated rings. The van der Waals surface area contributed by atoms with E-state index in [1.165, 1.54) is 24.3 Å². The summed E-state index contributed by atoms with van der Waals surface area (Å²) in [7, 11) is 0. The van der Waals surface area contributed by atoms with Crippen molar-refractivity contribution in [2.24, 2.45) is 0 Å². The highest BCUT2D eigenvalue weighted by Crippen LogP contribution is 2.33. The number of aromatic amines is 1. The molecule has 0 bridgehead atoms. The standard InChI is InChI=1S/C17H12F3N3O/c18-17(19,20)12(11-6-2-1-3-7-11)10-15(24)23-16-21-13-8-4-5-9-14(13)22-16/h1-10H,(H2,21,22,23,24)/b12-10+. The number of para-hydroxylation sites is 2. The number of anilines is 1. The van der Waals surface area contributed by atoms with Crippen LogP contribution >= 0.6 is 0 Å². The molecule has 0 aliphatic heterocycles. The van der Waals surface area contributed by atoms with Crippen molar-refractivity contribution in [1.82, 2.24) is 9.97 Å². The number of nitrogens with one attached hydrogen (secondary N) is 2. The molecule has 0 aliphatic carbocycles. The van der Waals surface area contributed by atoms with E-state index in [2.05, 4.69) is 15.3 Å². The van der Waals surface area contributed by atoms with Crippen molar-refractivity contribution in [3.8, 4) is 0 Å². The third-order valence-corrected chi connectivity index (χ3v) is 3.30. The number of carbonyl (C=O) groups excluding carboxylic acids is 1. The van der Waals surface area contributed by atoms with Gasteiger partial charge in [-0.3, -0.25) is 10.1 Å². The maximum atomic E-state index is 13.2. The van der Waals surface area contributed by atoms with Crippen molar-refractivity contribution >= 4 is 28.5 Å². The fourth-order valence-electron chi connectivity index (χ4n) is 2.24. The molecule has 1 aromatic heterocycles.